The highest BCUT2D eigenvalue weighted by atomic mass is 16.3. The first-order valence-electron chi connectivity index (χ1n) is 6.87. The number of rotatable bonds is 4. The zero-order valence-corrected chi connectivity index (χ0v) is 11.7. The van der Waals surface area contributed by atoms with E-state index in [4.69, 9.17) is 0 Å². The van der Waals surface area contributed by atoms with E-state index in [0.29, 0.717) is 12.1 Å². The van der Waals surface area contributed by atoms with Gasteiger partial charge in [-0.05, 0) is 31.7 Å². The average molecular weight is 262 g/mol. The minimum Gasteiger partial charge on any atom is -0.508 e. The highest BCUT2D eigenvalue weighted by Crippen LogP contribution is 2.21. The van der Waals surface area contributed by atoms with Gasteiger partial charge in [-0.15, -0.1) is 0 Å². The second-order valence-electron chi connectivity index (χ2n) is 5.11. The van der Waals surface area contributed by atoms with Crippen LogP contribution < -0.4 is 0 Å². The van der Waals surface area contributed by atoms with Crippen molar-refractivity contribution >= 4 is 5.78 Å². The van der Waals surface area contributed by atoms with E-state index in [2.05, 4.69) is 16.7 Å². The van der Waals surface area contributed by atoms with Crippen LogP contribution in [0.25, 0.3) is 0 Å². The van der Waals surface area contributed by atoms with Gasteiger partial charge >= 0.3 is 0 Å². The Morgan fingerprint density at radius 1 is 1.21 bits per heavy atom. The molecule has 1 aromatic carbocycles. The van der Waals surface area contributed by atoms with E-state index in [1.807, 2.05) is 6.07 Å². The van der Waals surface area contributed by atoms with E-state index in [-0.39, 0.29) is 11.5 Å². The monoisotopic (exact) mass is 262 g/mol. The molecule has 0 saturated carbocycles. The van der Waals surface area contributed by atoms with Gasteiger partial charge in [0.2, 0.25) is 0 Å². The van der Waals surface area contributed by atoms with Crippen molar-refractivity contribution in [3.05, 3.63) is 29.3 Å². The van der Waals surface area contributed by atoms with Gasteiger partial charge in [-0.25, -0.2) is 0 Å². The lowest BCUT2D eigenvalue weighted by molar-refractivity contribution is 0.101. The number of ketones is 1. The van der Waals surface area contributed by atoms with Gasteiger partial charge in [0.15, 0.2) is 5.78 Å². The van der Waals surface area contributed by atoms with Crippen LogP contribution in [0.1, 0.15) is 29.8 Å². The van der Waals surface area contributed by atoms with Gasteiger partial charge in [-0.1, -0.05) is 6.92 Å². The first-order valence-corrected chi connectivity index (χ1v) is 6.87. The summed E-state index contributed by atoms with van der Waals surface area (Å²) in [4.78, 5) is 16.1. The third kappa shape index (κ3) is 3.55. The minimum absolute atomic E-state index is 0.0389. The lowest BCUT2D eigenvalue weighted by Crippen LogP contribution is -2.45. The summed E-state index contributed by atoms with van der Waals surface area (Å²) in [7, 11) is 0. The van der Waals surface area contributed by atoms with Crippen LogP contribution in [0.2, 0.25) is 0 Å². The molecule has 1 saturated heterocycles. The van der Waals surface area contributed by atoms with Gasteiger partial charge in [-0.3, -0.25) is 9.69 Å². The van der Waals surface area contributed by atoms with Gasteiger partial charge < -0.3 is 10.0 Å². The molecule has 0 spiro atoms. The molecule has 1 heterocycles. The molecule has 0 aliphatic carbocycles. The maximum Gasteiger partial charge on any atom is 0.159 e. The van der Waals surface area contributed by atoms with Crippen molar-refractivity contribution < 1.29 is 9.90 Å². The number of likely N-dealkylation sites (N-methyl/N-ethyl adjacent to an activating group) is 1. The number of aromatic hydroxyl groups is 1. The summed E-state index contributed by atoms with van der Waals surface area (Å²) in [6.07, 6.45) is 0. The molecule has 4 heteroatoms. The van der Waals surface area contributed by atoms with Gasteiger partial charge in [0.05, 0.1) is 0 Å². The molecule has 1 aliphatic heterocycles. The Morgan fingerprint density at radius 2 is 1.84 bits per heavy atom. The maximum atomic E-state index is 11.4. The number of hydrogen-bond acceptors (Lipinski definition) is 4. The molecule has 0 unspecified atom stereocenters. The summed E-state index contributed by atoms with van der Waals surface area (Å²) in [5.74, 6) is 0.319. The lowest BCUT2D eigenvalue weighted by Gasteiger charge is -2.34. The third-order valence-corrected chi connectivity index (χ3v) is 3.79. The summed E-state index contributed by atoms with van der Waals surface area (Å²) in [5, 5.41) is 9.90. The normalized spacial score (nSPS) is 17.6. The van der Waals surface area contributed by atoms with Gasteiger partial charge in [0.25, 0.3) is 0 Å². The maximum absolute atomic E-state index is 11.4. The quantitative estimate of drug-likeness (QED) is 0.839. The number of nitrogens with zero attached hydrogens (tertiary/aromatic N) is 2. The number of hydrogen-bond donors (Lipinski definition) is 1. The van der Waals surface area contributed by atoms with Crippen molar-refractivity contribution in [3.63, 3.8) is 0 Å². The summed E-state index contributed by atoms with van der Waals surface area (Å²) in [6, 6.07) is 5.11. The Morgan fingerprint density at radius 3 is 2.42 bits per heavy atom. The molecule has 1 aromatic rings. The predicted molar refractivity (Wildman–Crippen MR) is 75.5 cm³/mol. The zero-order chi connectivity index (χ0) is 13.8. The smallest absolute Gasteiger partial charge is 0.159 e. The van der Waals surface area contributed by atoms with Crippen LogP contribution >= 0.6 is 0 Å². The van der Waals surface area contributed by atoms with Gasteiger partial charge in [-0.2, -0.15) is 0 Å². The zero-order valence-electron chi connectivity index (χ0n) is 11.7. The van der Waals surface area contributed by atoms with Crippen LogP contribution in [0.4, 0.5) is 0 Å². The van der Waals surface area contributed by atoms with Crippen molar-refractivity contribution in [2.75, 3.05) is 32.7 Å². The molecule has 0 atom stereocenters. The van der Waals surface area contributed by atoms with Gasteiger partial charge in [0.1, 0.15) is 5.75 Å². The Balaban J connectivity index is 2.03. The summed E-state index contributed by atoms with van der Waals surface area (Å²) < 4.78 is 0. The molecule has 2 rings (SSSR count). The average Bonchev–Trinajstić information content (AvgIpc) is 2.42. The van der Waals surface area contributed by atoms with E-state index >= 15 is 0 Å². The molecule has 4 nitrogen and oxygen atoms in total. The first kappa shape index (κ1) is 14.0. The number of piperazine rings is 1. The largest absolute Gasteiger partial charge is 0.508 e. The molecule has 0 aromatic heterocycles. The lowest BCUT2D eigenvalue weighted by atomic mass is 10.1. The van der Waals surface area contributed by atoms with E-state index in [9.17, 15) is 9.90 Å². The van der Waals surface area contributed by atoms with Crippen LogP contribution in [-0.2, 0) is 6.54 Å². The van der Waals surface area contributed by atoms with Crippen LogP contribution in [0.3, 0.4) is 0 Å². The predicted octanol–water partition coefficient (Wildman–Crippen LogP) is 1.73. The summed E-state index contributed by atoms with van der Waals surface area (Å²) in [5.41, 5.74) is 1.51. The van der Waals surface area contributed by atoms with Crippen molar-refractivity contribution in [2.45, 2.75) is 20.4 Å². The number of carbonyl (C=O) groups is 1. The summed E-state index contributed by atoms with van der Waals surface area (Å²) >= 11 is 0. The minimum atomic E-state index is 0.0389. The number of phenols is 1. The molecular formula is C15H22N2O2. The van der Waals surface area contributed by atoms with Crippen molar-refractivity contribution in [1.82, 2.24) is 9.80 Å². The molecule has 1 N–H and O–H groups in total. The fourth-order valence-corrected chi connectivity index (χ4v) is 2.44. The number of Topliss-reactive ketones (excluding diaryl/α,β-unsaturated/α-hetero) is 1. The Kier molecular flexibility index (Phi) is 4.56. The Bertz CT molecular complexity index is 451. The van der Waals surface area contributed by atoms with Crippen molar-refractivity contribution in [2.24, 2.45) is 0 Å². The van der Waals surface area contributed by atoms with Crippen LogP contribution in [-0.4, -0.2) is 53.4 Å². The first-order chi connectivity index (χ1) is 9.10. The number of phenolic OH excluding ortho intramolecular Hbond substituents is 1. The number of benzene rings is 1. The standard InChI is InChI=1S/C15H22N2O2/c1-3-16-6-8-17(9-7-16)11-14-10-13(12(2)18)4-5-15(14)19/h4-5,10,19H,3,6-9,11H2,1-2H3. The fourth-order valence-electron chi connectivity index (χ4n) is 2.44. The third-order valence-electron chi connectivity index (χ3n) is 3.79. The summed E-state index contributed by atoms with van der Waals surface area (Å²) in [6.45, 7) is 9.71. The molecule has 104 valence electrons. The second-order valence-corrected chi connectivity index (χ2v) is 5.11. The van der Waals surface area contributed by atoms with Crippen LogP contribution in [0.15, 0.2) is 18.2 Å². The highest BCUT2D eigenvalue weighted by molar-refractivity contribution is 5.94. The highest BCUT2D eigenvalue weighted by Gasteiger charge is 2.17. The van der Waals surface area contributed by atoms with E-state index in [0.717, 1.165) is 38.3 Å². The molecule has 1 aliphatic rings. The molecule has 0 radical (unpaired) electrons. The van der Waals surface area contributed by atoms with Gasteiger partial charge in [0, 0.05) is 43.9 Å². The molecule has 1 fully saturated rings. The molecule has 0 bridgehead atoms. The topological polar surface area (TPSA) is 43.8 Å². The van der Waals surface area contributed by atoms with Crippen LogP contribution in [0, 0.1) is 0 Å². The van der Waals surface area contributed by atoms with Crippen molar-refractivity contribution in [3.8, 4) is 5.75 Å². The number of carbonyl (C=O) groups excluding carboxylic acids is 1. The molecule has 19 heavy (non-hydrogen) atoms. The van der Waals surface area contributed by atoms with Crippen LogP contribution in [0.5, 0.6) is 5.75 Å². The van der Waals surface area contributed by atoms with E-state index < -0.39 is 0 Å². The molecular weight excluding hydrogens is 240 g/mol. The SMILES string of the molecule is CCN1CCN(Cc2cc(C(C)=O)ccc2O)CC1. The fraction of sp³-hybridized carbons (Fsp3) is 0.533. The second kappa shape index (κ2) is 6.17. The molecule has 0 amide bonds. The van der Waals surface area contributed by atoms with Crippen molar-refractivity contribution in [1.29, 1.82) is 0 Å². The van der Waals surface area contributed by atoms with E-state index in [1.54, 1.807) is 19.1 Å². The Labute approximate surface area is 114 Å². The Hall–Kier alpha value is -1.39. The van der Waals surface area contributed by atoms with E-state index in [1.165, 1.54) is 0 Å².